The second kappa shape index (κ2) is 14.7. The van der Waals surface area contributed by atoms with Crippen LogP contribution in [0.3, 0.4) is 0 Å². The van der Waals surface area contributed by atoms with Crippen LogP contribution in [-0.2, 0) is 12.8 Å². The van der Waals surface area contributed by atoms with E-state index in [1.807, 2.05) is 97.1 Å². The molecule has 10 heteroatoms. The summed E-state index contributed by atoms with van der Waals surface area (Å²) in [6.45, 7) is 0.0474. The summed E-state index contributed by atoms with van der Waals surface area (Å²) < 4.78 is 0. The molecule has 0 bridgehead atoms. The van der Waals surface area contributed by atoms with Gasteiger partial charge in [0.05, 0.1) is 45.5 Å². The molecule has 11 aromatic rings. The molecule has 324 valence electrons. The van der Waals surface area contributed by atoms with E-state index in [9.17, 15) is 40.2 Å². The molecule has 0 spiro atoms. The third-order valence-electron chi connectivity index (χ3n) is 14.7. The average molecular weight is 899 g/mol. The Bertz CT molecular complexity index is 4120. The third-order valence-corrected chi connectivity index (χ3v) is 14.7. The van der Waals surface area contributed by atoms with Crippen molar-refractivity contribution in [3.63, 3.8) is 0 Å². The number of nitrogens with zero attached hydrogens (tertiary/aromatic N) is 6. The summed E-state index contributed by atoms with van der Waals surface area (Å²) in [6.07, 6.45) is 0.599. The van der Waals surface area contributed by atoms with Gasteiger partial charge in [-0.2, -0.15) is 21.0 Å². The molecule has 4 amide bonds. The molecule has 0 radical (unpaired) electrons. The minimum absolute atomic E-state index is 0.0237. The van der Waals surface area contributed by atoms with Gasteiger partial charge in [0.15, 0.2) is 0 Å². The van der Waals surface area contributed by atoms with Crippen molar-refractivity contribution in [3.05, 3.63) is 189 Å². The number of fused-ring (bicyclic) bond motifs is 6. The number of benzene rings is 11. The van der Waals surface area contributed by atoms with Crippen LogP contribution in [0.25, 0.3) is 86.2 Å². The molecular weight excluding hydrogens is 869 g/mol. The van der Waals surface area contributed by atoms with Crippen LogP contribution in [0.15, 0.2) is 133 Å². The molecule has 10 nitrogen and oxygen atoms in total. The molecule has 0 aromatic heterocycles. The van der Waals surface area contributed by atoms with E-state index in [2.05, 4.69) is 24.3 Å². The summed E-state index contributed by atoms with van der Waals surface area (Å²) >= 11 is 0. The summed E-state index contributed by atoms with van der Waals surface area (Å²) in [4.78, 5) is 61.4. The van der Waals surface area contributed by atoms with Gasteiger partial charge in [0, 0.05) is 78.1 Å². The fourth-order valence-electron chi connectivity index (χ4n) is 11.8. The standard InChI is InChI=1S/C60H30N6O4/c61-27-31-25-47-53-45(57(67)65(59(47)69)23-21-41-33-9-1-5-13-37(33)49(29-63)38-14-6-2-10-34(38)41)19-17-43-52-32(28-62)26-48-54-46(20-18-44(56(52)54)51(31)55(43)53)58(68)66(60(48)70)24-22-42-35-11-3-7-15-39(35)50(30-64)40-16-8-4-12-36(40)42/h1-20,25-26H,21-24H2. The van der Waals surface area contributed by atoms with E-state index in [-0.39, 0.29) is 46.5 Å². The van der Waals surface area contributed by atoms with Gasteiger partial charge in [-0.15, -0.1) is 0 Å². The van der Waals surface area contributed by atoms with Crippen LogP contribution in [0.5, 0.6) is 0 Å². The van der Waals surface area contributed by atoms with Crippen molar-refractivity contribution in [1.82, 2.24) is 9.80 Å². The van der Waals surface area contributed by atoms with Gasteiger partial charge in [0.25, 0.3) is 23.6 Å². The minimum atomic E-state index is -0.560. The predicted molar refractivity (Wildman–Crippen MR) is 268 cm³/mol. The van der Waals surface area contributed by atoms with E-state index in [4.69, 9.17) is 0 Å². The van der Waals surface area contributed by atoms with Crippen LogP contribution in [0.2, 0.25) is 0 Å². The van der Waals surface area contributed by atoms with E-state index >= 15 is 0 Å². The Kier molecular flexibility index (Phi) is 8.49. The van der Waals surface area contributed by atoms with Crippen molar-refractivity contribution in [3.8, 4) is 24.3 Å². The highest BCUT2D eigenvalue weighted by Crippen LogP contribution is 2.49. The Hall–Kier alpha value is -10.0. The number of amides is 4. The van der Waals surface area contributed by atoms with Crippen LogP contribution >= 0.6 is 0 Å². The van der Waals surface area contributed by atoms with E-state index in [1.165, 1.54) is 21.9 Å². The van der Waals surface area contributed by atoms with Crippen LogP contribution in [-0.4, -0.2) is 46.5 Å². The molecule has 0 unspecified atom stereocenters. The highest BCUT2D eigenvalue weighted by atomic mass is 16.2. The summed E-state index contributed by atoms with van der Waals surface area (Å²) in [5, 5.41) is 52.3. The number of carbonyl (C=O) groups is 4. The first kappa shape index (κ1) is 40.3. The Balaban J connectivity index is 0.935. The second-order valence-electron chi connectivity index (χ2n) is 17.9. The maximum absolute atomic E-state index is 14.8. The van der Waals surface area contributed by atoms with Gasteiger partial charge in [-0.05, 0) is 80.6 Å². The Morgan fingerprint density at radius 3 is 0.957 bits per heavy atom. The summed E-state index contributed by atoms with van der Waals surface area (Å²) in [5.41, 5.74) is 4.12. The number of hydrogen-bond acceptors (Lipinski definition) is 8. The normalized spacial score (nSPS) is 13.4. The van der Waals surface area contributed by atoms with E-state index < -0.39 is 23.6 Å². The molecule has 13 rings (SSSR count). The number of imide groups is 2. The fraction of sp³-hybridized carbons (Fsp3) is 0.0667. The van der Waals surface area contributed by atoms with Crippen molar-refractivity contribution in [2.24, 2.45) is 0 Å². The topological polar surface area (TPSA) is 170 Å². The van der Waals surface area contributed by atoms with Gasteiger partial charge in [0.2, 0.25) is 0 Å². The Morgan fingerprint density at radius 2 is 0.643 bits per heavy atom. The van der Waals surface area contributed by atoms with Gasteiger partial charge in [-0.1, -0.05) is 109 Å². The molecule has 2 aliphatic heterocycles. The monoisotopic (exact) mass is 898 g/mol. The van der Waals surface area contributed by atoms with Gasteiger partial charge < -0.3 is 0 Å². The predicted octanol–water partition coefficient (Wildman–Crippen LogP) is 11.5. The first-order valence-electron chi connectivity index (χ1n) is 22.7. The van der Waals surface area contributed by atoms with Crippen LogP contribution < -0.4 is 0 Å². The maximum Gasteiger partial charge on any atom is 0.261 e. The van der Waals surface area contributed by atoms with Crippen LogP contribution in [0, 0.1) is 45.3 Å². The molecule has 70 heavy (non-hydrogen) atoms. The van der Waals surface area contributed by atoms with Gasteiger partial charge >= 0.3 is 0 Å². The Morgan fingerprint density at radius 1 is 0.329 bits per heavy atom. The quantitative estimate of drug-likeness (QED) is 0.0902. The smallest absolute Gasteiger partial charge is 0.261 e. The average Bonchev–Trinajstić information content (AvgIpc) is 3.40. The molecule has 2 aliphatic rings. The highest BCUT2D eigenvalue weighted by molar-refractivity contribution is 6.42. The SMILES string of the molecule is N#Cc1c2ccccc2c(CCN2C(=O)c3ccc4c5c(C#N)cc6c7c(ccc(c8c(C#N)cc(c3c48)C2=O)c75)C(=O)N(CCc2c3ccccc3c(C#N)c3ccccc23)C6=O)c2ccccc12. The number of nitriles is 4. The zero-order valence-corrected chi connectivity index (χ0v) is 36.8. The lowest BCUT2D eigenvalue weighted by molar-refractivity contribution is 0.0597. The lowest BCUT2D eigenvalue weighted by Crippen LogP contribution is -2.41. The number of carbonyl (C=O) groups excluding carboxylic acids is 4. The van der Waals surface area contributed by atoms with Gasteiger partial charge in [0.1, 0.15) is 12.1 Å². The fourth-order valence-corrected chi connectivity index (χ4v) is 11.8. The summed E-state index contributed by atoms with van der Waals surface area (Å²) in [5.74, 6) is -2.13. The highest BCUT2D eigenvalue weighted by Gasteiger charge is 2.39. The largest absolute Gasteiger partial charge is 0.274 e. The minimum Gasteiger partial charge on any atom is -0.274 e. The lowest BCUT2D eigenvalue weighted by atomic mass is 9.79. The second-order valence-corrected chi connectivity index (χ2v) is 17.9. The molecule has 0 saturated heterocycles. The van der Waals surface area contributed by atoms with Gasteiger partial charge in [-0.25, -0.2) is 0 Å². The molecule has 11 aromatic carbocycles. The molecular formula is C60H30N6O4. The van der Waals surface area contributed by atoms with E-state index in [0.29, 0.717) is 67.1 Å². The van der Waals surface area contributed by atoms with Crippen molar-refractivity contribution >= 4 is 110 Å². The zero-order valence-electron chi connectivity index (χ0n) is 36.8. The summed E-state index contributed by atoms with van der Waals surface area (Å²) in [6, 6.07) is 49.7. The van der Waals surface area contributed by atoms with E-state index in [0.717, 1.165) is 54.2 Å². The molecule has 0 atom stereocenters. The number of rotatable bonds is 6. The molecule has 0 fully saturated rings. The van der Waals surface area contributed by atoms with Crippen molar-refractivity contribution in [2.75, 3.05) is 13.1 Å². The molecule has 0 aliphatic carbocycles. The van der Waals surface area contributed by atoms with Crippen LogP contribution in [0.1, 0.15) is 74.8 Å². The molecule has 2 heterocycles. The molecule has 0 saturated carbocycles. The van der Waals surface area contributed by atoms with Crippen molar-refractivity contribution < 1.29 is 19.2 Å². The first-order valence-corrected chi connectivity index (χ1v) is 22.7. The number of hydrogen-bond donors (Lipinski definition) is 0. The first-order chi connectivity index (χ1) is 34.3. The third kappa shape index (κ3) is 5.22. The zero-order chi connectivity index (χ0) is 47.7. The van der Waals surface area contributed by atoms with Crippen molar-refractivity contribution in [2.45, 2.75) is 12.8 Å². The molecule has 0 N–H and O–H groups in total. The maximum atomic E-state index is 14.8. The van der Waals surface area contributed by atoms with Gasteiger partial charge in [-0.3, -0.25) is 29.0 Å². The lowest BCUT2D eigenvalue weighted by Gasteiger charge is -2.31. The summed E-state index contributed by atoms with van der Waals surface area (Å²) in [7, 11) is 0. The Labute approximate surface area is 397 Å². The van der Waals surface area contributed by atoms with Crippen molar-refractivity contribution in [1.29, 1.82) is 21.0 Å². The van der Waals surface area contributed by atoms with E-state index in [1.54, 1.807) is 24.3 Å². The van der Waals surface area contributed by atoms with Crippen LogP contribution in [0.4, 0.5) is 0 Å².